The van der Waals surface area contributed by atoms with Crippen LogP contribution in [-0.2, 0) is 32.6 Å². The van der Waals surface area contributed by atoms with E-state index in [0.29, 0.717) is 12.3 Å². The molecule has 0 fully saturated rings. The summed E-state index contributed by atoms with van der Waals surface area (Å²) in [6, 6.07) is 31.0. The van der Waals surface area contributed by atoms with Crippen molar-refractivity contribution in [2.24, 2.45) is 0 Å². The Hall–Kier alpha value is -4.63. The number of carbonyl (C=O) groups is 2. The number of sulfonamides is 1. The number of para-hydroxylation sites is 2. The number of nitrogens with one attached hydrogen (secondary N) is 1. The first kappa shape index (κ1) is 33.3. The fourth-order valence-electron chi connectivity index (χ4n) is 5.10. The molecule has 0 aliphatic heterocycles. The highest BCUT2D eigenvalue weighted by Gasteiger charge is 2.35. The van der Waals surface area contributed by atoms with Crippen molar-refractivity contribution in [3.8, 4) is 5.75 Å². The molecule has 4 aromatic carbocycles. The van der Waals surface area contributed by atoms with Gasteiger partial charge in [0.15, 0.2) is 0 Å². The second-order valence-corrected chi connectivity index (χ2v) is 12.7. The molecule has 8 nitrogen and oxygen atoms in total. The number of carbonyl (C=O) groups excluding carboxylic acids is 2. The van der Waals surface area contributed by atoms with Gasteiger partial charge in [0, 0.05) is 19.5 Å². The van der Waals surface area contributed by atoms with Crippen molar-refractivity contribution in [1.29, 1.82) is 0 Å². The van der Waals surface area contributed by atoms with E-state index in [1.807, 2.05) is 68.4 Å². The molecule has 4 rings (SSSR count). The van der Waals surface area contributed by atoms with E-state index in [0.717, 1.165) is 33.8 Å². The Morgan fingerprint density at radius 1 is 0.844 bits per heavy atom. The van der Waals surface area contributed by atoms with E-state index in [2.05, 4.69) is 5.32 Å². The van der Waals surface area contributed by atoms with Gasteiger partial charge < -0.3 is 15.0 Å². The standard InChI is InChI=1S/C36H41N3O5S/c1-4-5-24-37-36(41)33(25-29-17-8-6-9-18-29)38(26-30-19-13-12-16-28(30)2)35(40)27-39(32-22-14-15-23-34(32)44-3)45(42,43)31-20-10-7-11-21-31/h6-23,33H,4-5,24-27H2,1-3H3,(H,37,41)/t33-/m0/s1. The van der Waals surface area contributed by atoms with Gasteiger partial charge in [0.25, 0.3) is 10.0 Å². The molecule has 0 spiro atoms. The van der Waals surface area contributed by atoms with Crippen molar-refractivity contribution in [3.05, 3.63) is 126 Å². The predicted octanol–water partition coefficient (Wildman–Crippen LogP) is 5.76. The topological polar surface area (TPSA) is 96.0 Å². The summed E-state index contributed by atoms with van der Waals surface area (Å²) in [7, 11) is -2.76. The van der Waals surface area contributed by atoms with E-state index >= 15 is 0 Å². The molecule has 0 radical (unpaired) electrons. The quantitative estimate of drug-likeness (QED) is 0.169. The van der Waals surface area contributed by atoms with E-state index in [9.17, 15) is 18.0 Å². The van der Waals surface area contributed by atoms with Crippen molar-refractivity contribution in [1.82, 2.24) is 10.2 Å². The van der Waals surface area contributed by atoms with Crippen LogP contribution in [0, 0.1) is 6.92 Å². The van der Waals surface area contributed by atoms with Crippen LogP contribution in [0.4, 0.5) is 5.69 Å². The third-order valence-electron chi connectivity index (χ3n) is 7.67. The van der Waals surface area contributed by atoms with E-state index in [-0.39, 0.29) is 29.5 Å². The van der Waals surface area contributed by atoms with Gasteiger partial charge in [-0.25, -0.2) is 8.42 Å². The second-order valence-electron chi connectivity index (χ2n) is 10.8. The van der Waals surface area contributed by atoms with Gasteiger partial charge in [-0.1, -0.05) is 98.3 Å². The number of hydrogen-bond donors (Lipinski definition) is 1. The van der Waals surface area contributed by atoms with Gasteiger partial charge in [0.05, 0.1) is 17.7 Å². The largest absolute Gasteiger partial charge is 0.495 e. The summed E-state index contributed by atoms with van der Waals surface area (Å²) in [5.74, 6) is -0.507. The fraction of sp³-hybridized carbons (Fsp3) is 0.278. The number of unbranched alkanes of at least 4 members (excludes halogenated alkanes) is 1. The van der Waals surface area contributed by atoms with Gasteiger partial charge in [-0.2, -0.15) is 0 Å². The Bertz CT molecular complexity index is 1660. The third kappa shape index (κ3) is 8.51. The van der Waals surface area contributed by atoms with Crippen LogP contribution in [0.2, 0.25) is 0 Å². The van der Waals surface area contributed by atoms with Crippen LogP contribution in [0.5, 0.6) is 5.75 Å². The average molecular weight is 628 g/mol. The predicted molar refractivity (Wildman–Crippen MR) is 178 cm³/mol. The summed E-state index contributed by atoms with van der Waals surface area (Å²) in [5.41, 5.74) is 2.92. The van der Waals surface area contributed by atoms with E-state index < -0.39 is 28.5 Å². The number of aryl methyl sites for hydroxylation is 1. The molecular formula is C36H41N3O5S. The molecule has 0 aliphatic carbocycles. The normalized spacial score (nSPS) is 11.8. The summed E-state index contributed by atoms with van der Waals surface area (Å²) in [6.07, 6.45) is 1.96. The van der Waals surface area contributed by atoms with Gasteiger partial charge >= 0.3 is 0 Å². The lowest BCUT2D eigenvalue weighted by molar-refractivity contribution is -0.140. The molecule has 0 aromatic heterocycles. The molecule has 2 amide bonds. The highest BCUT2D eigenvalue weighted by atomic mass is 32.2. The monoisotopic (exact) mass is 627 g/mol. The van der Waals surface area contributed by atoms with E-state index in [1.54, 1.807) is 42.5 Å². The molecule has 0 aliphatic rings. The van der Waals surface area contributed by atoms with Crippen molar-refractivity contribution in [2.45, 2.75) is 50.6 Å². The summed E-state index contributed by atoms with van der Waals surface area (Å²) in [4.78, 5) is 30.0. The van der Waals surface area contributed by atoms with Gasteiger partial charge in [0.2, 0.25) is 11.8 Å². The number of anilines is 1. The zero-order valence-electron chi connectivity index (χ0n) is 26.1. The molecule has 1 N–H and O–H groups in total. The van der Waals surface area contributed by atoms with Crippen LogP contribution in [0.15, 0.2) is 114 Å². The maximum Gasteiger partial charge on any atom is 0.264 e. The number of benzene rings is 4. The molecule has 4 aromatic rings. The number of ether oxygens (including phenoxy) is 1. The summed E-state index contributed by atoms with van der Waals surface area (Å²) in [6.45, 7) is 4.04. The molecular weight excluding hydrogens is 586 g/mol. The lowest BCUT2D eigenvalue weighted by Gasteiger charge is -2.34. The second kappa shape index (κ2) is 15.9. The number of amides is 2. The van der Waals surface area contributed by atoms with Crippen molar-refractivity contribution in [3.63, 3.8) is 0 Å². The highest BCUT2D eigenvalue weighted by Crippen LogP contribution is 2.32. The van der Waals surface area contributed by atoms with E-state index in [1.165, 1.54) is 24.1 Å². The number of rotatable bonds is 15. The molecule has 45 heavy (non-hydrogen) atoms. The van der Waals surface area contributed by atoms with Crippen molar-refractivity contribution < 1.29 is 22.7 Å². The molecule has 0 unspecified atom stereocenters. The van der Waals surface area contributed by atoms with Gasteiger partial charge in [-0.15, -0.1) is 0 Å². The van der Waals surface area contributed by atoms with Crippen molar-refractivity contribution >= 4 is 27.5 Å². The maximum atomic E-state index is 14.6. The van der Waals surface area contributed by atoms with E-state index in [4.69, 9.17) is 4.74 Å². The summed E-state index contributed by atoms with van der Waals surface area (Å²) in [5, 5.41) is 3.01. The van der Waals surface area contributed by atoms with Crippen LogP contribution in [0.1, 0.15) is 36.5 Å². The lowest BCUT2D eigenvalue weighted by atomic mass is 10.0. The molecule has 9 heteroatoms. The zero-order chi connectivity index (χ0) is 32.2. The third-order valence-corrected chi connectivity index (χ3v) is 9.44. The molecule has 236 valence electrons. The van der Waals surface area contributed by atoms with Gasteiger partial charge in [-0.3, -0.25) is 13.9 Å². The van der Waals surface area contributed by atoms with Gasteiger partial charge in [0.1, 0.15) is 18.3 Å². The number of methoxy groups -OCH3 is 1. The fourth-order valence-corrected chi connectivity index (χ4v) is 6.55. The molecule has 0 saturated heterocycles. The first-order valence-electron chi connectivity index (χ1n) is 15.1. The summed E-state index contributed by atoms with van der Waals surface area (Å²) < 4.78 is 34.9. The first-order chi connectivity index (χ1) is 21.8. The minimum Gasteiger partial charge on any atom is -0.495 e. The molecule has 1 atom stereocenters. The maximum absolute atomic E-state index is 14.6. The Labute approximate surface area is 266 Å². The van der Waals surface area contributed by atoms with Crippen molar-refractivity contribution in [2.75, 3.05) is 24.5 Å². The van der Waals surface area contributed by atoms with Crippen LogP contribution in [0.25, 0.3) is 0 Å². The van der Waals surface area contributed by atoms with Gasteiger partial charge in [-0.05, 0) is 54.3 Å². The Morgan fingerprint density at radius 2 is 1.47 bits per heavy atom. The minimum absolute atomic E-state index is 0.0345. The molecule has 0 heterocycles. The van der Waals surface area contributed by atoms with Crippen LogP contribution in [0.3, 0.4) is 0 Å². The zero-order valence-corrected chi connectivity index (χ0v) is 26.9. The smallest absolute Gasteiger partial charge is 0.264 e. The average Bonchev–Trinajstić information content (AvgIpc) is 3.06. The first-order valence-corrected chi connectivity index (χ1v) is 16.6. The Morgan fingerprint density at radius 3 is 2.13 bits per heavy atom. The minimum atomic E-state index is -4.21. The molecule has 0 bridgehead atoms. The molecule has 0 saturated carbocycles. The Balaban J connectivity index is 1.82. The summed E-state index contributed by atoms with van der Waals surface area (Å²) >= 11 is 0. The lowest BCUT2D eigenvalue weighted by Crippen LogP contribution is -2.53. The number of nitrogens with zero attached hydrogens (tertiary/aromatic N) is 2. The van der Waals surface area contributed by atoms with Crippen LogP contribution >= 0.6 is 0 Å². The number of hydrogen-bond acceptors (Lipinski definition) is 5. The SMILES string of the molecule is CCCCNC(=O)[C@H](Cc1ccccc1)N(Cc1ccccc1C)C(=O)CN(c1ccccc1OC)S(=O)(=O)c1ccccc1. The highest BCUT2D eigenvalue weighted by molar-refractivity contribution is 7.92. The van der Waals surface area contributed by atoms with Crippen LogP contribution in [-0.4, -0.2) is 51.4 Å². The Kier molecular flexibility index (Phi) is 11.8. The van der Waals surface area contributed by atoms with Crippen LogP contribution < -0.4 is 14.4 Å².